The molecule has 0 aromatic heterocycles. The average molecular weight is 245 g/mol. The molecule has 0 N–H and O–H groups in total. The summed E-state index contributed by atoms with van der Waals surface area (Å²) in [5.41, 5.74) is 0.205. The van der Waals surface area contributed by atoms with Crippen LogP contribution >= 0.6 is 23.2 Å². The molecular weight excluding hydrogens is 240 g/mol. The number of hydrogen-bond acceptors (Lipinski definition) is 1. The highest BCUT2D eigenvalue weighted by Crippen LogP contribution is 2.34. The Labute approximate surface area is 88.4 Å². The Morgan fingerprint density at radius 3 is 2.43 bits per heavy atom. The molecule has 0 saturated carbocycles. The molecular formula is C8H5Cl2F3O. The van der Waals surface area contributed by atoms with Crippen LogP contribution in [0.3, 0.4) is 0 Å². The third-order valence-electron chi connectivity index (χ3n) is 1.41. The molecule has 0 aliphatic carbocycles. The highest BCUT2D eigenvalue weighted by atomic mass is 35.5. The SMILES string of the molecule is FC(F)(F)Oc1c(Cl)cccc1CCl. The number of hydrogen-bond donors (Lipinski definition) is 0. The Balaban J connectivity index is 3.05. The van der Waals surface area contributed by atoms with Crippen LogP contribution in [0.2, 0.25) is 5.02 Å². The van der Waals surface area contributed by atoms with E-state index in [1.807, 2.05) is 0 Å². The minimum absolute atomic E-state index is 0.0913. The molecule has 6 heteroatoms. The summed E-state index contributed by atoms with van der Waals surface area (Å²) in [6, 6.07) is 4.22. The zero-order valence-corrected chi connectivity index (χ0v) is 8.25. The third-order valence-corrected chi connectivity index (χ3v) is 2.00. The Morgan fingerprint density at radius 2 is 1.93 bits per heavy atom. The monoisotopic (exact) mass is 244 g/mol. The molecule has 0 amide bonds. The van der Waals surface area contributed by atoms with E-state index < -0.39 is 12.1 Å². The van der Waals surface area contributed by atoms with Crippen LogP contribution < -0.4 is 4.74 Å². The van der Waals surface area contributed by atoms with Gasteiger partial charge in [0.15, 0.2) is 5.75 Å². The zero-order chi connectivity index (χ0) is 10.8. The van der Waals surface area contributed by atoms with E-state index in [1.165, 1.54) is 18.2 Å². The maximum Gasteiger partial charge on any atom is 0.573 e. The second-order valence-corrected chi connectivity index (χ2v) is 3.08. The fourth-order valence-corrected chi connectivity index (χ4v) is 1.33. The number of rotatable bonds is 2. The second kappa shape index (κ2) is 4.28. The van der Waals surface area contributed by atoms with Crippen molar-refractivity contribution in [2.24, 2.45) is 0 Å². The van der Waals surface area contributed by atoms with Crippen LogP contribution in [-0.2, 0) is 5.88 Å². The van der Waals surface area contributed by atoms with Gasteiger partial charge in [-0.3, -0.25) is 0 Å². The lowest BCUT2D eigenvalue weighted by molar-refractivity contribution is -0.274. The van der Waals surface area contributed by atoms with Gasteiger partial charge in [0, 0.05) is 5.56 Å². The molecule has 78 valence electrons. The summed E-state index contributed by atoms with van der Waals surface area (Å²) in [6.07, 6.45) is -4.76. The first kappa shape index (κ1) is 11.5. The first-order valence-electron chi connectivity index (χ1n) is 3.53. The smallest absolute Gasteiger partial charge is 0.404 e. The van der Waals surface area contributed by atoms with Crippen molar-refractivity contribution in [3.8, 4) is 5.75 Å². The minimum Gasteiger partial charge on any atom is -0.404 e. The lowest BCUT2D eigenvalue weighted by atomic mass is 10.2. The molecule has 0 spiro atoms. The molecule has 0 heterocycles. The Hall–Kier alpha value is -0.610. The fourth-order valence-electron chi connectivity index (χ4n) is 0.889. The van der Waals surface area contributed by atoms with Gasteiger partial charge in [0.1, 0.15) is 0 Å². The van der Waals surface area contributed by atoms with Crippen LogP contribution in [0.15, 0.2) is 18.2 Å². The molecule has 0 aliphatic heterocycles. The maximum absolute atomic E-state index is 11.9. The van der Waals surface area contributed by atoms with E-state index >= 15 is 0 Å². The molecule has 1 aromatic carbocycles. The molecule has 1 nitrogen and oxygen atoms in total. The van der Waals surface area contributed by atoms with Gasteiger partial charge in [0.25, 0.3) is 0 Å². The molecule has 14 heavy (non-hydrogen) atoms. The molecule has 0 fully saturated rings. The van der Waals surface area contributed by atoms with Gasteiger partial charge >= 0.3 is 6.36 Å². The molecule has 1 aromatic rings. The first-order chi connectivity index (χ1) is 6.44. The quantitative estimate of drug-likeness (QED) is 0.716. The van der Waals surface area contributed by atoms with Crippen molar-refractivity contribution in [3.05, 3.63) is 28.8 Å². The highest BCUT2D eigenvalue weighted by Gasteiger charge is 2.32. The summed E-state index contributed by atoms with van der Waals surface area (Å²) < 4.78 is 39.5. The van der Waals surface area contributed by atoms with E-state index in [2.05, 4.69) is 4.74 Å². The molecule has 1 rings (SSSR count). The first-order valence-corrected chi connectivity index (χ1v) is 4.44. The number of halogens is 5. The maximum atomic E-state index is 11.9. The van der Waals surface area contributed by atoms with Gasteiger partial charge in [0.2, 0.25) is 0 Å². The standard InChI is InChI=1S/C8H5Cl2F3O/c9-4-5-2-1-3-6(10)7(5)14-8(11,12)13/h1-3H,4H2. The summed E-state index contributed by atoms with van der Waals surface area (Å²) in [5, 5.41) is -0.111. The van der Waals surface area contributed by atoms with Crippen LogP contribution in [-0.4, -0.2) is 6.36 Å². The van der Waals surface area contributed by atoms with Crippen molar-refractivity contribution in [2.75, 3.05) is 0 Å². The van der Waals surface area contributed by atoms with Crippen LogP contribution in [0.5, 0.6) is 5.75 Å². The molecule has 0 saturated heterocycles. The minimum atomic E-state index is -4.76. The highest BCUT2D eigenvalue weighted by molar-refractivity contribution is 6.32. The van der Waals surface area contributed by atoms with E-state index in [4.69, 9.17) is 23.2 Å². The number of benzene rings is 1. The van der Waals surface area contributed by atoms with Crippen molar-refractivity contribution in [2.45, 2.75) is 12.2 Å². The van der Waals surface area contributed by atoms with Crippen molar-refractivity contribution >= 4 is 23.2 Å². The Kier molecular flexibility index (Phi) is 3.50. The van der Waals surface area contributed by atoms with Gasteiger partial charge in [-0.05, 0) is 6.07 Å². The third kappa shape index (κ3) is 2.96. The van der Waals surface area contributed by atoms with Gasteiger partial charge in [-0.25, -0.2) is 0 Å². The molecule has 0 radical (unpaired) electrons. The van der Waals surface area contributed by atoms with Crippen LogP contribution in [0.25, 0.3) is 0 Å². The van der Waals surface area contributed by atoms with Gasteiger partial charge in [0.05, 0.1) is 10.9 Å². The number of ether oxygens (including phenoxy) is 1. The predicted molar refractivity (Wildman–Crippen MR) is 47.7 cm³/mol. The summed E-state index contributed by atoms with van der Waals surface area (Å²) in [5.74, 6) is -0.525. The normalized spacial score (nSPS) is 11.5. The van der Waals surface area contributed by atoms with E-state index in [-0.39, 0.29) is 16.5 Å². The lowest BCUT2D eigenvalue weighted by Crippen LogP contribution is -2.18. The average Bonchev–Trinajstić information content (AvgIpc) is 2.06. The van der Waals surface area contributed by atoms with Crippen molar-refractivity contribution in [3.63, 3.8) is 0 Å². The van der Waals surface area contributed by atoms with Crippen LogP contribution in [0, 0.1) is 0 Å². The second-order valence-electron chi connectivity index (χ2n) is 2.41. The van der Waals surface area contributed by atoms with Gasteiger partial charge in [-0.15, -0.1) is 24.8 Å². The number of para-hydroxylation sites is 1. The van der Waals surface area contributed by atoms with Crippen molar-refractivity contribution in [1.29, 1.82) is 0 Å². The van der Waals surface area contributed by atoms with Crippen LogP contribution in [0.4, 0.5) is 13.2 Å². The molecule has 0 atom stereocenters. The summed E-state index contributed by atoms with van der Waals surface area (Å²) in [4.78, 5) is 0. The lowest BCUT2D eigenvalue weighted by Gasteiger charge is -2.13. The Bertz CT molecular complexity index is 325. The van der Waals surface area contributed by atoms with E-state index in [0.717, 1.165) is 0 Å². The topological polar surface area (TPSA) is 9.23 Å². The van der Waals surface area contributed by atoms with Gasteiger partial charge < -0.3 is 4.74 Å². The Morgan fingerprint density at radius 1 is 1.29 bits per heavy atom. The molecule has 0 unspecified atom stereocenters. The largest absolute Gasteiger partial charge is 0.573 e. The van der Waals surface area contributed by atoms with Crippen molar-refractivity contribution < 1.29 is 17.9 Å². The summed E-state index contributed by atoms with van der Waals surface area (Å²) in [7, 11) is 0. The van der Waals surface area contributed by atoms with Crippen LogP contribution in [0.1, 0.15) is 5.56 Å². The predicted octanol–water partition coefficient (Wildman–Crippen LogP) is 3.98. The summed E-state index contributed by atoms with van der Waals surface area (Å²) in [6.45, 7) is 0. The molecule has 0 bridgehead atoms. The van der Waals surface area contributed by atoms with E-state index in [0.29, 0.717) is 0 Å². The van der Waals surface area contributed by atoms with E-state index in [1.54, 1.807) is 0 Å². The molecule has 0 aliphatic rings. The zero-order valence-electron chi connectivity index (χ0n) is 6.74. The number of alkyl halides is 4. The summed E-state index contributed by atoms with van der Waals surface area (Å²) >= 11 is 11.0. The fraction of sp³-hybridized carbons (Fsp3) is 0.250. The van der Waals surface area contributed by atoms with Gasteiger partial charge in [-0.1, -0.05) is 23.7 Å². The van der Waals surface area contributed by atoms with E-state index in [9.17, 15) is 13.2 Å². The van der Waals surface area contributed by atoms with Gasteiger partial charge in [-0.2, -0.15) is 0 Å². The van der Waals surface area contributed by atoms with Crippen molar-refractivity contribution in [1.82, 2.24) is 0 Å².